The fourth-order valence-electron chi connectivity index (χ4n) is 8.91. The molecule has 1 heterocycles. The van der Waals surface area contributed by atoms with Crippen LogP contribution in [0, 0.1) is 34.0 Å². The van der Waals surface area contributed by atoms with Crippen molar-refractivity contribution in [2.24, 2.45) is 34.0 Å². The summed E-state index contributed by atoms with van der Waals surface area (Å²) in [5.41, 5.74) is 0.0644. The van der Waals surface area contributed by atoms with Crippen molar-refractivity contribution in [3.63, 3.8) is 0 Å². The highest BCUT2D eigenvalue weighted by Gasteiger charge is 2.68. The number of rotatable bonds is 13. The Morgan fingerprint density at radius 3 is 2.60 bits per heavy atom. The second-order valence-electron chi connectivity index (χ2n) is 15.9. The van der Waals surface area contributed by atoms with Crippen molar-refractivity contribution < 1.29 is 29.0 Å². The van der Waals surface area contributed by atoms with Gasteiger partial charge in [0.1, 0.15) is 29.9 Å². The van der Waals surface area contributed by atoms with Crippen LogP contribution in [0.1, 0.15) is 79.3 Å². The van der Waals surface area contributed by atoms with E-state index in [1.165, 1.54) is 16.4 Å². The summed E-state index contributed by atoms with van der Waals surface area (Å²) in [5, 5.41) is 26.2. The van der Waals surface area contributed by atoms with Crippen LogP contribution < -0.4 is 15.4 Å². The van der Waals surface area contributed by atoms with Crippen LogP contribution in [0.25, 0.3) is 0 Å². The van der Waals surface area contributed by atoms with Gasteiger partial charge in [0.2, 0.25) is 5.91 Å². The summed E-state index contributed by atoms with van der Waals surface area (Å²) < 4.78 is 12.6. The number of carbonyl (C=O) groups excluding carboxylic acids is 3. The quantitative estimate of drug-likeness (QED) is 0.182. The third-order valence-electron chi connectivity index (χ3n) is 12.3. The number of carbonyl (C=O) groups is 3. The SMILES string of the molecule is C=C[C@]1(C)C[C@@H](OC(=O)CSC(C)(C)CNC(=O)Cn2cc(CNc3ccc(OC)cc3)nn2)[C@]2(C)[C@H](C)CC[C@]3(CCC(=O)[C@H]32)[C@@H](C)[C@@H]1O. The predicted molar refractivity (Wildman–Crippen MR) is 195 cm³/mol. The highest BCUT2D eigenvalue weighted by molar-refractivity contribution is 8.01. The Bertz CT molecular complexity index is 1560. The minimum atomic E-state index is -0.704. The van der Waals surface area contributed by atoms with Crippen molar-refractivity contribution in [1.29, 1.82) is 0 Å². The molecule has 1 aromatic heterocycles. The normalized spacial score (nSPS) is 32.3. The number of amides is 1. The molecule has 1 aromatic carbocycles. The molecule has 3 saturated carbocycles. The molecule has 11 nitrogen and oxygen atoms in total. The molecule has 0 spiro atoms. The van der Waals surface area contributed by atoms with Gasteiger partial charge in [-0.3, -0.25) is 14.4 Å². The number of aliphatic hydroxyl groups excluding tert-OH is 1. The zero-order valence-electron chi connectivity index (χ0n) is 30.7. The van der Waals surface area contributed by atoms with Crippen LogP contribution >= 0.6 is 11.8 Å². The van der Waals surface area contributed by atoms with Crippen LogP contribution in [-0.2, 0) is 32.2 Å². The van der Waals surface area contributed by atoms with E-state index in [0.717, 1.165) is 30.7 Å². The van der Waals surface area contributed by atoms with Crippen molar-refractivity contribution in [1.82, 2.24) is 20.3 Å². The van der Waals surface area contributed by atoms with E-state index in [1.807, 2.05) is 51.1 Å². The molecule has 3 N–H and O–H groups in total. The zero-order valence-corrected chi connectivity index (χ0v) is 31.5. The molecule has 0 unspecified atom stereocenters. The molecule has 12 heteroatoms. The van der Waals surface area contributed by atoms with Gasteiger partial charge in [0, 0.05) is 40.1 Å². The Hall–Kier alpha value is -3.38. The van der Waals surface area contributed by atoms with Gasteiger partial charge >= 0.3 is 5.97 Å². The third-order valence-corrected chi connectivity index (χ3v) is 13.6. The van der Waals surface area contributed by atoms with E-state index < -0.39 is 27.8 Å². The monoisotopic (exact) mass is 709 g/mol. The molecule has 3 aliphatic rings. The number of Topliss-reactive ketones (excluding diaryl/α,β-unsaturated/α-hetero) is 1. The van der Waals surface area contributed by atoms with E-state index in [9.17, 15) is 19.5 Å². The maximum atomic E-state index is 13.7. The molecule has 50 heavy (non-hydrogen) atoms. The molecule has 5 rings (SSSR count). The Kier molecular flexibility index (Phi) is 11.1. The lowest BCUT2D eigenvalue weighted by Crippen LogP contribution is -2.63. The number of methoxy groups -OCH3 is 1. The van der Waals surface area contributed by atoms with Gasteiger partial charge in [-0.1, -0.05) is 39.0 Å². The van der Waals surface area contributed by atoms with E-state index in [-0.39, 0.29) is 53.1 Å². The lowest BCUT2D eigenvalue weighted by atomic mass is 9.44. The largest absolute Gasteiger partial charge is 0.497 e. The Morgan fingerprint density at radius 1 is 1.20 bits per heavy atom. The number of thioether (sulfide) groups is 1. The van der Waals surface area contributed by atoms with Crippen molar-refractivity contribution in [2.45, 2.75) is 104 Å². The van der Waals surface area contributed by atoms with Gasteiger partial charge < -0.3 is 25.2 Å². The summed E-state index contributed by atoms with van der Waals surface area (Å²) in [6.07, 6.45) is 5.78. The van der Waals surface area contributed by atoms with E-state index in [0.29, 0.717) is 31.6 Å². The van der Waals surface area contributed by atoms with Gasteiger partial charge in [0.25, 0.3) is 0 Å². The molecular weight excluding hydrogens is 655 g/mol. The Balaban J connectivity index is 1.16. The first kappa shape index (κ1) is 37.9. The Morgan fingerprint density at radius 2 is 1.92 bits per heavy atom. The number of hydrogen-bond donors (Lipinski definition) is 3. The summed E-state index contributed by atoms with van der Waals surface area (Å²) in [4.78, 5) is 40.1. The number of ketones is 1. The predicted octanol–water partition coefficient (Wildman–Crippen LogP) is 5.43. The van der Waals surface area contributed by atoms with Crippen molar-refractivity contribution in [2.75, 3.05) is 24.7 Å². The first-order valence-corrected chi connectivity index (χ1v) is 18.8. The standard InChI is InChI=1S/C38H55N5O6S/c1-9-36(6)18-30(37(7)24(2)14-16-38(25(3)34(36)47)17-15-29(44)33(37)38)49-32(46)22-50-35(4,5)23-40-31(45)21-43-20-27(41-42-43)19-39-26-10-12-28(48-8)13-11-26/h9-13,20,24-25,30,33-34,39,47H,1,14-19,21-23H2,2-8H3,(H,40,45)/t24-,25+,30-,33+,34+,36-,37+,38+/m1/s1. The molecule has 0 radical (unpaired) electrons. The van der Waals surface area contributed by atoms with Crippen LogP contribution in [0.4, 0.5) is 5.69 Å². The second kappa shape index (κ2) is 14.7. The first-order valence-electron chi connectivity index (χ1n) is 17.8. The van der Waals surface area contributed by atoms with Crippen molar-refractivity contribution in [3.8, 4) is 5.75 Å². The molecule has 3 fully saturated rings. The smallest absolute Gasteiger partial charge is 0.316 e. The molecule has 0 saturated heterocycles. The summed E-state index contributed by atoms with van der Waals surface area (Å²) in [5.74, 6) is 0.357. The van der Waals surface area contributed by atoms with Crippen molar-refractivity contribution >= 4 is 35.1 Å². The first-order chi connectivity index (χ1) is 23.6. The summed E-state index contributed by atoms with van der Waals surface area (Å²) in [7, 11) is 1.62. The maximum absolute atomic E-state index is 13.7. The van der Waals surface area contributed by atoms with Crippen molar-refractivity contribution in [3.05, 3.63) is 48.8 Å². The number of hydrogen-bond acceptors (Lipinski definition) is 10. The molecule has 2 aromatic rings. The number of ether oxygens (including phenoxy) is 2. The van der Waals surface area contributed by atoms with Crippen LogP contribution in [0.15, 0.2) is 43.1 Å². The van der Waals surface area contributed by atoms with E-state index in [4.69, 9.17) is 9.47 Å². The molecule has 0 aliphatic heterocycles. The van der Waals surface area contributed by atoms with Crippen LogP contribution in [0.3, 0.4) is 0 Å². The average Bonchev–Trinajstić information content (AvgIpc) is 3.70. The number of benzene rings is 1. The van der Waals surface area contributed by atoms with Crippen LogP contribution in [0.2, 0.25) is 0 Å². The maximum Gasteiger partial charge on any atom is 0.316 e. The van der Waals surface area contributed by atoms with Gasteiger partial charge in [-0.05, 0) is 81.0 Å². The van der Waals surface area contributed by atoms with Gasteiger partial charge in [-0.25, -0.2) is 4.68 Å². The summed E-state index contributed by atoms with van der Waals surface area (Å²) >= 11 is 1.42. The van der Waals surface area contributed by atoms with E-state index in [1.54, 1.807) is 13.3 Å². The number of aromatic nitrogens is 3. The third kappa shape index (κ3) is 7.47. The van der Waals surface area contributed by atoms with E-state index >= 15 is 0 Å². The molecule has 3 aliphatic carbocycles. The lowest BCUT2D eigenvalue weighted by Gasteiger charge is -2.61. The molecule has 1 amide bonds. The highest BCUT2D eigenvalue weighted by Crippen LogP contribution is 2.68. The minimum Gasteiger partial charge on any atom is -0.497 e. The number of esters is 1. The summed E-state index contributed by atoms with van der Waals surface area (Å²) in [6, 6.07) is 7.56. The van der Waals surface area contributed by atoms with Crippen LogP contribution in [-0.4, -0.2) is 74.1 Å². The van der Waals surface area contributed by atoms with Gasteiger partial charge in [0.15, 0.2) is 0 Å². The summed E-state index contributed by atoms with van der Waals surface area (Å²) in [6.45, 7) is 17.3. The lowest BCUT2D eigenvalue weighted by molar-refractivity contribution is -0.205. The zero-order chi connectivity index (χ0) is 36.5. The molecule has 2 bridgehead atoms. The minimum absolute atomic E-state index is 0.0185. The number of nitrogens with zero attached hydrogens (tertiary/aromatic N) is 3. The van der Waals surface area contributed by atoms with E-state index in [2.05, 4.69) is 48.3 Å². The second-order valence-corrected chi connectivity index (χ2v) is 17.6. The number of anilines is 1. The molecule has 274 valence electrons. The molecular formula is C38H55N5O6S. The molecule has 8 atom stereocenters. The van der Waals surface area contributed by atoms with Gasteiger partial charge in [0.05, 0.1) is 31.7 Å². The number of nitrogens with one attached hydrogen (secondary N) is 2. The topological polar surface area (TPSA) is 145 Å². The Labute approximate surface area is 300 Å². The van der Waals surface area contributed by atoms with Gasteiger partial charge in [-0.2, -0.15) is 0 Å². The van der Waals surface area contributed by atoms with Crippen LogP contribution in [0.5, 0.6) is 5.75 Å². The van der Waals surface area contributed by atoms with Gasteiger partial charge in [-0.15, -0.1) is 23.4 Å². The average molecular weight is 710 g/mol. The fourth-order valence-corrected chi connectivity index (χ4v) is 9.66. The fraction of sp³-hybridized carbons (Fsp3) is 0.658. The highest BCUT2D eigenvalue weighted by atomic mass is 32.2. The number of aliphatic hydroxyl groups is 1.